The second kappa shape index (κ2) is 9.48. The standard InChI is InChI=1S/C28H29ClFN5O2S/c1-34-8-2-3-17(34)13-37-28-32-26-20(27(33-28)35-11-15-4-5-16(12-35)31-15)10-22(29)24(25(26)30)21-14-38-23-7-6-18(36)9-19(21)23/h6-7,9-10,14-17,31,36H,2-5,8,11-13H2,1H3/t15?,16?,17-/m0/s1. The number of hydrogen-bond acceptors (Lipinski definition) is 8. The molecule has 3 aliphatic heterocycles. The molecule has 0 radical (unpaired) electrons. The van der Waals surface area contributed by atoms with Crippen molar-refractivity contribution in [2.24, 2.45) is 0 Å². The van der Waals surface area contributed by atoms with Crippen LogP contribution in [0.3, 0.4) is 0 Å². The summed E-state index contributed by atoms with van der Waals surface area (Å²) in [5, 5.41) is 17.3. The van der Waals surface area contributed by atoms with Crippen molar-refractivity contribution in [3.05, 3.63) is 40.5 Å². The van der Waals surface area contributed by atoms with Gasteiger partial charge in [0.25, 0.3) is 0 Å². The number of halogens is 2. The molecule has 0 spiro atoms. The highest BCUT2D eigenvalue weighted by Gasteiger charge is 2.34. The SMILES string of the molecule is CN1CCC[C@H]1COc1nc(N2CC3CCC(C2)N3)c2cc(Cl)c(-c3csc4ccc(O)cc34)c(F)c2n1. The summed E-state index contributed by atoms with van der Waals surface area (Å²) in [6, 6.07) is 8.16. The van der Waals surface area contributed by atoms with Crippen molar-refractivity contribution in [3.63, 3.8) is 0 Å². The summed E-state index contributed by atoms with van der Waals surface area (Å²) >= 11 is 8.29. The van der Waals surface area contributed by atoms with Crippen LogP contribution in [-0.4, -0.2) is 71.4 Å². The van der Waals surface area contributed by atoms with Gasteiger partial charge in [-0.05, 0) is 68.9 Å². The molecular weight excluding hydrogens is 525 g/mol. The smallest absolute Gasteiger partial charge is 0.319 e. The first kappa shape index (κ1) is 24.3. The van der Waals surface area contributed by atoms with E-state index >= 15 is 4.39 Å². The van der Waals surface area contributed by atoms with Crippen molar-refractivity contribution in [3.8, 4) is 22.9 Å². The molecule has 0 amide bonds. The van der Waals surface area contributed by atoms with Gasteiger partial charge in [0.05, 0.1) is 5.02 Å². The summed E-state index contributed by atoms with van der Waals surface area (Å²) in [5.41, 5.74) is 1.12. The number of likely N-dealkylation sites (N-methyl/N-ethyl adjacent to an activating group) is 1. The fourth-order valence-corrected chi connectivity index (χ4v) is 7.48. The molecule has 3 saturated heterocycles. The van der Waals surface area contributed by atoms with Crippen LogP contribution in [0.2, 0.25) is 5.02 Å². The molecule has 2 aromatic heterocycles. The molecule has 7 nitrogen and oxygen atoms in total. The summed E-state index contributed by atoms with van der Waals surface area (Å²) in [4.78, 5) is 13.9. The molecule has 2 N–H and O–H groups in total. The zero-order valence-corrected chi connectivity index (χ0v) is 22.7. The third-order valence-corrected chi connectivity index (χ3v) is 9.52. The summed E-state index contributed by atoms with van der Waals surface area (Å²) in [6.07, 6.45) is 4.45. The van der Waals surface area contributed by atoms with E-state index in [-0.39, 0.29) is 22.8 Å². The summed E-state index contributed by atoms with van der Waals surface area (Å²) < 4.78 is 23.6. The molecule has 3 atom stereocenters. The lowest BCUT2D eigenvalue weighted by Gasteiger charge is -2.34. The number of rotatable bonds is 5. The number of nitrogens with one attached hydrogen (secondary N) is 1. The number of likely N-dealkylation sites (tertiary alicyclic amines) is 1. The van der Waals surface area contributed by atoms with Gasteiger partial charge in [-0.2, -0.15) is 9.97 Å². The summed E-state index contributed by atoms with van der Waals surface area (Å²) in [6.45, 7) is 3.10. The Labute approximate surface area is 229 Å². The Balaban J connectivity index is 1.37. The Morgan fingerprint density at radius 1 is 1.16 bits per heavy atom. The Bertz CT molecular complexity index is 1540. The van der Waals surface area contributed by atoms with Crippen LogP contribution < -0.4 is 15.0 Å². The number of anilines is 1. The van der Waals surface area contributed by atoms with E-state index in [1.165, 1.54) is 11.3 Å². The highest BCUT2D eigenvalue weighted by Crippen LogP contribution is 2.44. The van der Waals surface area contributed by atoms with E-state index < -0.39 is 5.82 Å². The maximum absolute atomic E-state index is 16.5. The largest absolute Gasteiger partial charge is 0.508 e. The molecule has 3 aliphatic rings. The van der Waals surface area contributed by atoms with Crippen LogP contribution in [0.15, 0.2) is 29.6 Å². The predicted octanol–water partition coefficient (Wildman–Crippen LogP) is 5.42. The lowest BCUT2D eigenvalue weighted by Crippen LogP contribution is -2.51. The van der Waals surface area contributed by atoms with Crippen molar-refractivity contribution < 1.29 is 14.2 Å². The van der Waals surface area contributed by atoms with Crippen molar-refractivity contribution >= 4 is 49.7 Å². The van der Waals surface area contributed by atoms with Gasteiger partial charge in [0.15, 0.2) is 5.82 Å². The van der Waals surface area contributed by atoms with E-state index in [0.29, 0.717) is 46.5 Å². The molecular formula is C28H29ClFN5O2S. The Morgan fingerprint density at radius 2 is 1.97 bits per heavy atom. The normalized spacial score (nSPS) is 23.7. The molecule has 198 valence electrons. The van der Waals surface area contributed by atoms with Crippen LogP contribution in [0.4, 0.5) is 10.2 Å². The monoisotopic (exact) mass is 553 g/mol. The van der Waals surface area contributed by atoms with Crippen molar-refractivity contribution in [2.75, 3.05) is 38.2 Å². The topological polar surface area (TPSA) is 73.8 Å². The van der Waals surface area contributed by atoms with Crippen LogP contribution in [0.25, 0.3) is 32.1 Å². The van der Waals surface area contributed by atoms with E-state index in [4.69, 9.17) is 21.3 Å². The number of hydrogen-bond donors (Lipinski definition) is 2. The Hall–Kier alpha value is -2.72. The number of nitrogens with zero attached hydrogens (tertiary/aromatic N) is 4. The first-order chi connectivity index (χ1) is 18.4. The highest BCUT2D eigenvalue weighted by molar-refractivity contribution is 7.17. The van der Waals surface area contributed by atoms with Crippen molar-refractivity contribution in [1.82, 2.24) is 20.2 Å². The molecule has 3 fully saturated rings. The third-order valence-electron chi connectivity index (χ3n) is 8.26. The van der Waals surface area contributed by atoms with Crippen LogP contribution in [0, 0.1) is 5.82 Å². The van der Waals surface area contributed by atoms with E-state index in [9.17, 15) is 5.11 Å². The van der Waals surface area contributed by atoms with Gasteiger partial charge in [-0.1, -0.05) is 11.6 Å². The minimum absolute atomic E-state index is 0.125. The Morgan fingerprint density at radius 3 is 2.74 bits per heavy atom. The zero-order chi connectivity index (χ0) is 26.0. The van der Waals surface area contributed by atoms with E-state index in [1.807, 2.05) is 11.4 Å². The molecule has 5 heterocycles. The van der Waals surface area contributed by atoms with Gasteiger partial charge < -0.3 is 25.0 Å². The maximum atomic E-state index is 16.5. The number of aromatic nitrogens is 2. The van der Waals surface area contributed by atoms with Gasteiger partial charge in [0, 0.05) is 57.8 Å². The average Bonchev–Trinajstić information content (AvgIpc) is 3.60. The molecule has 0 aliphatic carbocycles. The molecule has 2 unspecified atom stereocenters. The van der Waals surface area contributed by atoms with Gasteiger partial charge in [-0.25, -0.2) is 4.39 Å². The molecule has 0 saturated carbocycles. The predicted molar refractivity (Wildman–Crippen MR) is 150 cm³/mol. The van der Waals surface area contributed by atoms with Crippen LogP contribution in [0.5, 0.6) is 11.8 Å². The second-order valence-electron chi connectivity index (χ2n) is 10.7. The first-order valence-electron chi connectivity index (χ1n) is 13.2. The van der Waals surface area contributed by atoms with E-state index in [2.05, 4.69) is 27.1 Å². The van der Waals surface area contributed by atoms with Crippen LogP contribution >= 0.6 is 22.9 Å². The zero-order valence-electron chi connectivity index (χ0n) is 21.1. The van der Waals surface area contributed by atoms with Gasteiger partial charge in [-0.15, -0.1) is 11.3 Å². The van der Waals surface area contributed by atoms with Crippen LogP contribution in [-0.2, 0) is 0 Å². The molecule has 2 aromatic carbocycles. The third kappa shape index (κ3) is 4.16. The fourth-order valence-electron chi connectivity index (χ4n) is 6.25. The van der Waals surface area contributed by atoms with E-state index in [1.54, 1.807) is 18.2 Å². The number of piperazine rings is 1. The lowest BCUT2D eigenvalue weighted by molar-refractivity contribution is 0.188. The number of phenolic OH excluding ortho intramolecular Hbond substituents is 1. The minimum atomic E-state index is -0.500. The number of thiophene rings is 1. The van der Waals surface area contributed by atoms with Crippen LogP contribution in [0.1, 0.15) is 25.7 Å². The second-order valence-corrected chi connectivity index (χ2v) is 12.1. The molecule has 2 bridgehead atoms. The molecule has 7 rings (SSSR count). The summed E-state index contributed by atoms with van der Waals surface area (Å²) in [7, 11) is 2.10. The maximum Gasteiger partial charge on any atom is 0.319 e. The van der Waals surface area contributed by atoms with Crippen molar-refractivity contribution in [2.45, 2.75) is 43.8 Å². The highest BCUT2D eigenvalue weighted by atomic mass is 35.5. The summed E-state index contributed by atoms with van der Waals surface area (Å²) in [5.74, 6) is 0.295. The van der Waals surface area contributed by atoms with Gasteiger partial charge in [-0.3, -0.25) is 0 Å². The Kier molecular flexibility index (Phi) is 6.07. The van der Waals surface area contributed by atoms with Gasteiger partial charge in [0.2, 0.25) is 0 Å². The number of benzene rings is 2. The van der Waals surface area contributed by atoms with Gasteiger partial charge in [0.1, 0.15) is 23.7 Å². The number of aromatic hydroxyl groups is 1. The molecule has 10 heteroatoms. The molecule has 4 aromatic rings. The average molecular weight is 554 g/mol. The quantitative estimate of drug-likeness (QED) is 0.342. The lowest BCUT2D eigenvalue weighted by atomic mass is 10.0. The van der Waals surface area contributed by atoms with E-state index in [0.717, 1.165) is 55.4 Å². The first-order valence-corrected chi connectivity index (χ1v) is 14.4. The fraction of sp³-hybridized carbons (Fsp3) is 0.429. The number of phenols is 1. The minimum Gasteiger partial charge on any atom is -0.508 e. The number of fused-ring (bicyclic) bond motifs is 4. The van der Waals surface area contributed by atoms with Crippen molar-refractivity contribution in [1.29, 1.82) is 0 Å². The number of ether oxygens (including phenoxy) is 1. The van der Waals surface area contributed by atoms with Gasteiger partial charge >= 0.3 is 6.01 Å². The molecule has 38 heavy (non-hydrogen) atoms.